The number of nitrogen functional groups attached to an aromatic ring is 1. The molecule has 8 rings (SSSR count). The molecule has 3 aliphatic heterocycles. The summed E-state index contributed by atoms with van der Waals surface area (Å²) in [5.74, 6) is -0.978. The lowest BCUT2D eigenvalue weighted by molar-refractivity contribution is 0.107. The van der Waals surface area contributed by atoms with Gasteiger partial charge in [-0.15, -0.1) is 11.3 Å². The van der Waals surface area contributed by atoms with Gasteiger partial charge in [0.1, 0.15) is 47.6 Å². The predicted octanol–water partition coefficient (Wildman–Crippen LogP) is 6.74. The second kappa shape index (κ2) is 11.0. The van der Waals surface area contributed by atoms with Gasteiger partial charge in [-0.3, -0.25) is 4.90 Å². The summed E-state index contributed by atoms with van der Waals surface area (Å²) < 4.78 is 59.1. The zero-order valence-electron chi connectivity index (χ0n) is 25.2. The lowest BCUT2D eigenvalue weighted by atomic mass is 9.69. The van der Waals surface area contributed by atoms with E-state index < -0.39 is 28.8 Å². The van der Waals surface area contributed by atoms with Crippen LogP contribution in [0.3, 0.4) is 0 Å². The van der Waals surface area contributed by atoms with E-state index in [1.54, 1.807) is 0 Å². The van der Waals surface area contributed by atoms with Gasteiger partial charge < -0.3 is 20.1 Å². The van der Waals surface area contributed by atoms with Crippen molar-refractivity contribution in [1.29, 1.82) is 10.5 Å². The Morgan fingerprint density at radius 2 is 1.98 bits per heavy atom. The van der Waals surface area contributed by atoms with Gasteiger partial charge >= 0.3 is 6.01 Å². The minimum atomic E-state index is -0.958. The molecule has 0 spiro atoms. The van der Waals surface area contributed by atoms with Gasteiger partial charge in [0, 0.05) is 30.5 Å². The third kappa shape index (κ3) is 4.58. The van der Waals surface area contributed by atoms with Crippen molar-refractivity contribution in [3.8, 4) is 35.0 Å². The molecule has 2 aromatic heterocycles. The molecular weight excluding hydrogens is 651 g/mol. The maximum absolute atomic E-state index is 17.1. The molecule has 0 amide bonds. The van der Waals surface area contributed by atoms with E-state index in [1.165, 1.54) is 12.1 Å². The summed E-state index contributed by atoms with van der Waals surface area (Å²) >= 11 is 7.89. The van der Waals surface area contributed by atoms with Gasteiger partial charge in [0.25, 0.3) is 0 Å². The normalized spacial score (nSPS) is 23.2. The van der Waals surface area contributed by atoms with Crippen LogP contribution >= 0.6 is 22.9 Å². The number of benzene rings is 2. The highest BCUT2D eigenvalue weighted by Crippen LogP contribution is 2.52. The number of hydrogen-bond donors (Lipinski definition) is 1. The molecule has 242 valence electrons. The summed E-state index contributed by atoms with van der Waals surface area (Å²) in [4.78, 5) is 13.3. The molecule has 9 nitrogen and oxygen atoms in total. The van der Waals surface area contributed by atoms with Crippen molar-refractivity contribution < 1.29 is 22.6 Å². The van der Waals surface area contributed by atoms with Crippen LogP contribution in [0.15, 0.2) is 12.1 Å². The largest absolute Gasteiger partial charge is 0.489 e. The Kier molecular flexibility index (Phi) is 7.10. The summed E-state index contributed by atoms with van der Waals surface area (Å²) in [6.07, 6.45) is 3.46. The summed E-state index contributed by atoms with van der Waals surface area (Å²) in [5, 5.41) is 20.3. The third-order valence-electron chi connectivity index (χ3n) is 10.3. The summed E-state index contributed by atoms with van der Waals surface area (Å²) in [5.41, 5.74) is 4.93. The second-order valence-electron chi connectivity index (χ2n) is 13.0. The van der Waals surface area contributed by atoms with Gasteiger partial charge in [-0.25, -0.2) is 13.2 Å². The Hall–Kier alpha value is -4.04. The van der Waals surface area contributed by atoms with Crippen LogP contribution in [0, 0.1) is 39.7 Å². The first-order valence-electron chi connectivity index (χ1n) is 15.6. The van der Waals surface area contributed by atoms with Crippen molar-refractivity contribution in [3.05, 3.63) is 34.4 Å². The van der Waals surface area contributed by atoms with E-state index in [0.29, 0.717) is 31.9 Å². The van der Waals surface area contributed by atoms with E-state index in [4.69, 9.17) is 31.8 Å². The highest BCUT2D eigenvalue weighted by atomic mass is 35.5. The number of rotatable bonds is 6. The molecule has 0 unspecified atom stereocenters. The minimum absolute atomic E-state index is 0.0193. The Morgan fingerprint density at radius 1 is 1.15 bits per heavy atom. The molecule has 2 atom stereocenters. The first kappa shape index (κ1) is 30.3. The van der Waals surface area contributed by atoms with Crippen LogP contribution in [0.25, 0.3) is 32.1 Å². The third-order valence-corrected chi connectivity index (χ3v) is 11.7. The SMILES string of the molecule is N#Cc1c(N)sc2c(F)ccc(-c3c(Cl)c4c5c(nc(OC[C@@]67CCCN6C[C@H](F)C7)nc5c3F)N(CC3(C#N)CCC3)CCO4)c12. The number of halogens is 4. The molecule has 14 heteroatoms. The van der Waals surface area contributed by atoms with Crippen molar-refractivity contribution >= 4 is 54.7 Å². The first-order chi connectivity index (χ1) is 22.7. The van der Waals surface area contributed by atoms with Crippen LogP contribution in [0.1, 0.15) is 44.1 Å². The van der Waals surface area contributed by atoms with Crippen molar-refractivity contribution in [2.75, 3.05) is 50.0 Å². The summed E-state index contributed by atoms with van der Waals surface area (Å²) in [6, 6.07) is 6.94. The van der Waals surface area contributed by atoms with E-state index in [-0.39, 0.29) is 72.7 Å². The van der Waals surface area contributed by atoms with Gasteiger partial charge in [-0.2, -0.15) is 20.5 Å². The van der Waals surface area contributed by atoms with Crippen molar-refractivity contribution in [1.82, 2.24) is 14.9 Å². The monoisotopic (exact) mass is 679 g/mol. The Bertz CT molecular complexity index is 2060. The molecule has 4 aromatic rings. The Morgan fingerprint density at radius 3 is 2.72 bits per heavy atom. The molecule has 5 heterocycles. The van der Waals surface area contributed by atoms with Gasteiger partial charge in [0.05, 0.1) is 44.2 Å². The number of fused-ring (bicyclic) bond motifs is 2. The number of alkyl halides is 1. The number of aromatic nitrogens is 2. The lowest BCUT2D eigenvalue weighted by Crippen LogP contribution is -2.44. The highest BCUT2D eigenvalue weighted by molar-refractivity contribution is 7.23. The molecule has 2 saturated heterocycles. The maximum atomic E-state index is 17.1. The average Bonchev–Trinajstić information content (AvgIpc) is 3.64. The summed E-state index contributed by atoms with van der Waals surface area (Å²) in [7, 11) is 0. The Labute approximate surface area is 277 Å². The van der Waals surface area contributed by atoms with Crippen molar-refractivity contribution in [2.45, 2.75) is 50.2 Å². The van der Waals surface area contributed by atoms with Gasteiger partial charge in [-0.05, 0) is 43.9 Å². The molecular formula is C33H29ClF3N7O2S. The lowest BCUT2D eigenvalue weighted by Gasteiger charge is -2.39. The second-order valence-corrected chi connectivity index (χ2v) is 14.4. The van der Waals surface area contributed by atoms with Crippen LogP contribution in [0.5, 0.6) is 11.8 Å². The highest BCUT2D eigenvalue weighted by Gasteiger charge is 2.49. The fraction of sp³-hybridized carbons (Fsp3) is 0.455. The van der Waals surface area contributed by atoms with Crippen LogP contribution < -0.4 is 20.1 Å². The average molecular weight is 680 g/mol. The standard InChI is InChI=1S/C33H29ClF3N7O2S/c34-24-22(18-3-4-20(36)28-21(18)19(12-38)29(40)47-28)25(37)26-23-27(24)45-10-9-43(15-32(14-39)5-1-6-32)30(23)42-31(41-26)46-16-33-7-2-8-44(33)13-17(35)11-33/h3-4,17H,1-2,5-11,13,15-16,40H2/t17-,33+/m1/s1. The van der Waals surface area contributed by atoms with Crippen molar-refractivity contribution in [3.63, 3.8) is 0 Å². The molecule has 0 bridgehead atoms. The summed E-state index contributed by atoms with van der Waals surface area (Å²) in [6.45, 7) is 2.08. The van der Waals surface area contributed by atoms with E-state index in [9.17, 15) is 19.3 Å². The van der Waals surface area contributed by atoms with Crippen LogP contribution in [-0.4, -0.2) is 66.0 Å². The van der Waals surface area contributed by atoms with Crippen LogP contribution in [-0.2, 0) is 0 Å². The number of anilines is 2. The van der Waals surface area contributed by atoms with Gasteiger partial charge in [-0.1, -0.05) is 24.1 Å². The number of nitrogens with two attached hydrogens (primary N) is 1. The van der Waals surface area contributed by atoms with Crippen molar-refractivity contribution in [2.24, 2.45) is 5.41 Å². The van der Waals surface area contributed by atoms with Gasteiger partial charge in [0.2, 0.25) is 0 Å². The molecule has 1 saturated carbocycles. The molecule has 4 aliphatic rings. The number of nitriles is 2. The van der Waals surface area contributed by atoms with E-state index >= 15 is 4.39 Å². The van der Waals surface area contributed by atoms with Crippen LogP contribution in [0.2, 0.25) is 5.02 Å². The molecule has 2 N–H and O–H groups in total. The quantitative estimate of drug-likeness (QED) is 0.236. The molecule has 3 fully saturated rings. The zero-order chi connectivity index (χ0) is 32.7. The minimum Gasteiger partial charge on any atom is -0.489 e. The predicted molar refractivity (Wildman–Crippen MR) is 173 cm³/mol. The number of nitrogens with zero attached hydrogens (tertiary/aromatic N) is 6. The zero-order valence-corrected chi connectivity index (χ0v) is 26.8. The molecule has 2 aromatic carbocycles. The first-order valence-corrected chi connectivity index (χ1v) is 16.8. The maximum Gasteiger partial charge on any atom is 0.319 e. The van der Waals surface area contributed by atoms with Gasteiger partial charge in [0.15, 0.2) is 11.6 Å². The fourth-order valence-corrected chi connectivity index (χ4v) is 9.13. The van der Waals surface area contributed by atoms with E-state index in [1.807, 2.05) is 11.0 Å². The molecule has 1 aliphatic carbocycles. The smallest absolute Gasteiger partial charge is 0.319 e. The van der Waals surface area contributed by atoms with E-state index in [2.05, 4.69) is 16.0 Å². The fourth-order valence-electron chi connectivity index (χ4n) is 7.85. The number of thiophene rings is 1. The van der Waals surface area contributed by atoms with Crippen LogP contribution in [0.4, 0.5) is 24.0 Å². The molecule has 47 heavy (non-hydrogen) atoms. The topological polar surface area (TPSA) is 124 Å². The number of hydrogen-bond acceptors (Lipinski definition) is 10. The Balaban J connectivity index is 1.33. The number of ether oxygens (including phenoxy) is 2. The molecule has 0 radical (unpaired) electrons. The van der Waals surface area contributed by atoms with E-state index in [0.717, 1.165) is 50.0 Å².